The van der Waals surface area contributed by atoms with Crippen molar-refractivity contribution in [2.24, 2.45) is 0 Å². The Morgan fingerprint density at radius 3 is 2.20 bits per heavy atom. The van der Waals surface area contributed by atoms with Crippen molar-refractivity contribution in [3.05, 3.63) is 98.7 Å². The predicted molar refractivity (Wildman–Crippen MR) is 127 cm³/mol. The van der Waals surface area contributed by atoms with Gasteiger partial charge in [-0.05, 0) is 30.5 Å². The number of allylic oxidation sites excluding steroid dienone is 1. The first-order valence-corrected chi connectivity index (χ1v) is 11.2. The molecule has 0 radical (unpaired) electrons. The Hall–Kier alpha value is -3.60. The molecule has 0 saturated carbocycles. The van der Waals surface area contributed by atoms with Crippen molar-refractivity contribution < 1.29 is 24.1 Å². The van der Waals surface area contributed by atoms with Gasteiger partial charge in [-0.25, -0.2) is 23.5 Å². The highest BCUT2D eigenvalue weighted by Gasteiger charge is 2.39. The minimum Gasteiger partial charge on any atom is -0.466 e. The minimum atomic E-state index is -1.07. The fourth-order valence-corrected chi connectivity index (χ4v) is 4.19. The molecule has 0 aliphatic carbocycles. The molecule has 4 rings (SSSR count). The number of nitrogens with zero attached hydrogens (tertiary/aromatic N) is 3. The number of benzene rings is 2. The maximum absolute atomic E-state index is 13.6. The second kappa shape index (κ2) is 11.2. The Balaban J connectivity index is 1.81. The van der Waals surface area contributed by atoms with Gasteiger partial charge in [0.15, 0.2) is 25.1 Å². The van der Waals surface area contributed by atoms with Gasteiger partial charge < -0.3 is 24.1 Å². The van der Waals surface area contributed by atoms with Gasteiger partial charge in [0.05, 0.1) is 11.8 Å². The van der Waals surface area contributed by atoms with E-state index in [2.05, 4.69) is 0 Å². The lowest BCUT2D eigenvalue weighted by molar-refractivity contribution is -0.0540. The Morgan fingerprint density at radius 1 is 0.914 bits per heavy atom. The number of para-hydroxylation sites is 1. The third-order valence-corrected chi connectivity index (χ3v) is 5.79. The fraction of sp³-hybridized carbons (Fsp3) is 0.360. The van der Waals surface area contributed by atoms with Crippen molar-refractivity contribution in [3.8, 4) is 5.69 Å². The van der Waals surface area contributed by atoms with Crippen LogP contribution in [0.4, 0.5) is 0 Å². The van der Waals surface area contributed by atoms with Crippen LogP contribution in [0.25, 0.3) is 5.69 Å². The summed E-state index contributed by atoms with van der Waals surface area (Å²) in [6.07, 6.45) is -0.204. The van der Waals surface area contributed by atoms with E-state index in [1.165, 1.54) is 23.6 Å². The smallest absolute Gasteiger partial charge is 0.352 e. The molecule has 2 atom stereocenters. The van der Waals surface area contributed by atoms with Gasteiger partial charge in [-0.2, -0.15) is 0 Å². The second-order valence-corrected chi connectivity index (χ2v) is 8.06. The van der Waals surface area contributed by atoms with E-state index < -0.39 is 23.5 Å². The summed E-state index contributed by atoms with van der Waals surface area (Å²) < 4.78 is 25.3. The largest absolute Gasteiger partial charge is 0.466 e. The van der Waals surface area contributed by atoms with Gasteiger partial charge in [-0.3, -0.25) is 0 Å². The van der Waals surface area contributed by atoms with Crippen LogP contribution in [0.2, 0.25) is 0 Å². The highest BCUT2D eigenvalue weighted by Crippen LogP contribution is 2.32. The third kappa shape index (κ3) is 5.09. The third-order valence-electron chi connectivity index (χ3n) is 5.79. The van der Waals surface area contributed by atoms with E-state index in [0.29, 0.717) is 18.5 Å². The molecule has 10 nitrogen and oxygen atoms in total. The molecule has 186 valence electrons. The molecule has 1 aromatic heterocycles. The molecular formula is C25H29N3O7. The quantitative estimate of drug-likeness (QED) is 0.415. The number of aliphatic hydroxyl groups is 1. The maximum Gasteiger partial charge on any atom is 0.352 e. The van der Waals surface area contributed by atoms with Gasteiger partial charge in [-0.15, -0.1) is 0 Å². The van der Waals surface area contributed by atoms with Gasteiger partial charge in [0.2, 0.25) is 0 Å². The first-order valence-electron chi connectivity index (χ1n) is 11.2. The average molecular weight is 484 g/mol. The summed E-state index contributed by atoms with van der Waals surface area (Å²) in [5.74, 6) is 0.497. The molecule has 1 N–H and O–H groups in total. The van der Waals surface area contributed by atoms with E-state index in [1.54, 1.807) is 30.3 Å². The molecule has 0 bridgehead atoms. The molecule has 0 amide bonds. The van der Waals surface area contributed by atoms with Crippen molar-refractivity contribution in [2.45, 2.75) is 31.5 Å². The first-order chi connectivity index (χ1) is 17.1. The fourth-order valence-electron chi connectivity index (χ4n) is 4.19. The van der Waals surface area contributed by atoms with Crippen LogP contribution >= 0.6 is 0 Å². The van der Waals surface area contributed by atoms with E-state index in [0.717, 1.165) is 10.1 Å². The Kier molecular flexibility index (Phi) is 7.86. The van der Waals surface area contributed by atoms with Crippen molar-refractivity contribution in [1.29, 1.82) is 0 Å². The topological polar surface area (TPSA) is 106 Å². The number of rotatable bonds is 11. The SMILES string of the molecule is COCOC1=C(OCOC)C(C(O)CCc2ccccc2)n2c(=O)n(-c3ccccc3)c(=O)n2C1. The van der Waals surface area contributed by atoms with Crippen molar-refractivity contribution in [3.63, 3.8) is 0 Å². The summed E-state index contributed by atoms with van der Waals surface area (Å²) >= 11 is 0. The van der Waals surface area contributed by atoms with Gasteiger partial charge in [-0.1, -0.05) is 48.5 Å². The molecule has 10 heteroatoms. The maximum atomic E-state index is 13.6. The van der Waals surface area contributed by atoms with Crippen LogP contribution in [0.5, 0.6) is 0 Å². The standard InChI is InChI=1S/C25H29N3O7/c1-32-16-34-21-15-26-24(30)27(19-11-7-4-8-12-19)25(31)28(26)22(23(21)35-17-33-2)20(29)14-13-18-9-5-3-6-10-18/h3-12,20,22,29H,13-17H2,1-2H3. The van der Waals surface area contributed by atoms with Crippen LogP contribution in [0.3, 0.4) is 0 Å². The van der Waals surface area contributed by atoms with E-state index >= 15 is 0 Å². The van der Waals surface area contributed by atoms with Crippen molar-refractivity contribution in [1.82, 2.24) is 13.9 Å². The summed E-state index contributed by atoms with van der Waals surface area (Å²) in [5.41, 5.74) is 0.321. The van der Waals surface area contributed by atoms with Crippen LogP contribution in [-0.2, 0) is 31.9 Å². The number of hydrogen-bond acceptors (Lipinski definition) is 7. The zero-order chi connectivity index (χ0) is 24.8. The minimum absolute atomic E-state index is 0.0712. The van der Waals surface area contributed by atoms with E-state index in [1.807, 2.05) is 30.3 Å². The molecule has 2 aromatic carbocycles. The lowest BCUT2D eigenvalue weighted by Gasteiger charge is -2.32. The summed E-state index contributed by atoms with van der Waals surface area (Å²) in [5, 5.41) is 11.4. The number of fused-ring (bicyclic) bond motifs is 1. The molecule has 1 aliphatic heterocycles. The number of ether oxygens (including phenoxy) is 4. The van der Waals surface area contributed by atoms with Crippen molar-refractivity contribution >= 4 is 0 Å². The molecule has 1 aliphatic rings. The molecular weight excluding hydrogens is 454 g/mol. The van der Waals surface area contributed by atoms with Crippen LogP contribution in [0.15, 0.2) is 81.8 Å². The van der Waals surface area contributed by atoms with Gasteiger partial charge >= 0.3 is 11.4 Å². The van der Waals surface area contributed by atoms with Crippen LogP contribution < -0.4 is 11.4 Å². The number of aliphatic hydroxyl groups excluding tert-OH is 1. The number of hydrogen-bond donors (Lipinski definition) is 1. The summed E-state index contributed by atoms with van der Waals surface area (Å²) in [4.78, 5) is 27.0. The Bertz CT molecular complexity index is 1260. The normalized spacial score (nSPS) is 16.1. The zero-order valence-corrected chi connectivity index (χ0v) is 19.7. The zero-order valence-electron chi connectivity index (χ0n) is 19.7. The Labute approximate surface area is 202 Å². The van der Waals surface area contributed by atoms with E-state index in [9.17, 15) is 14.7 Å². The van der Waals surface area contributed by atoms with Gasteiger partial charge in [0.1, 0.15) is 12.6 Å². The molecule has 2 unspecified atom stereocenters. The number of aromatic nitrogens is 3. The lowest BCUT2D eigenvalue weighted by Crippen LogP contribution is -2.43. The summed E-state index contributed by atoms with van der Waals surface area (Å²) in [6.45, 7) is -0.298. The first kappa shape index (κ1) is 24.5. The Morgan fingerprint density at radius 2 is 1.54 bits per heavy atom. The molecule has 2 heterocycles. The number of methoxy groups -OCH3 is 2. The monoisotopic (exact) mass is 483 g/mol. The summed E-state index contributed by atoms with van der Waals surface area (Å²) in [7, 11) is 2.94. The second-order valence-electron chi connectivity index (χ2n) is 8.06. The molecule has 3 aromatic rings. The van der Waals surface area contributed by atoms with E-state index in [-0.39, 0.29) is 31.6 Å². The van der Waals surface area contributed by atoms with Crippen LogP contribution in [0.1, 0.15) is 18.0 Å². The molecule has 0 spiro atoms. The van der Waals surface area contributed by atoms with Crippen LogP contribution in [0, 0.1) is 0 Å². The molecule has 35 heavy (non-hydrogen) atoms. The highest BCUT2D eigenvalue weighted by molar-refractivity contribution is 5.31. The molecule has 0 fully saturated rings. The van der Waals surface area contributed by atoms with Crippen LogP contribution in [-0.4, -0.2) is 52.9 Å². The highest BCUT2D eigenvalue weighted by atomic mass is 16.7. The number of aryl methyl sites for hydroxylation is 1. The predicted octanol–water partition coefficient (Wildman–Crippen LogP) is 1.80. The van der Waals surface area contributed by atoms with E-state index in [4.69, 9.17) is 18.9 Å². The average Bonchev–Trinajstić information content (AvgIpc) is 3.14. The van der Waals surface area contributed by atoms with Crippen molar-refractivity contribution in [2.75, 3.05) is 27.8 Å². The summed E-state index contributed by atoms with van der Waals surface area (Å²) in [6, 6.07) is 17.3. The molecule has 0 saturated heterocycles. The lowest BCUT2D eigenvalue weighted by atomic mass is 9.99. The van der Waals surface area contributed by atoms with Gasteiger partial charge in [0, 0.05) is 14.2 Å². The van der Waals surface area contributed by atoms with Gasteiger partial charge in [0.25, 0.3) is 0 Å².